The minimum atomic E-state index is -0.305. The van der Waals surface area contributed by atoms with Gasteiger partial charge in [0.15, 0.2) is 5.16 Å². The first-order valence-electron chi connectivity index (χ1n) is 7.10. The normalized spacial score (nSPS) is 10.7. The molecule has 3 rings (SSSR count). The summed E-state index contributed by atoms with van der Waals surface area (Å²) in [5.74, 6) is 0.0874. The third-order valence-electron chi connectivity index (χ3n) is 3.31. The van der Waals surface area contributed by atoms with E-state index in [1.807, 2.05) is 43.3 Å². The lowest BCUT2D eigenvalue weighted by atomic mass is 10.1. The standard InChI is InChI=1S/C18H14ClFN2S/c1-12-10-17(13-6-3-2-4-7-13)22-18(21-12)23-11-14-15(19)8-5-9-16(14)20/h2-10H,11H2,1H3. The average Bonchev–Trinajstić information content (AvgIpc) is 2.55. The highest BCUT2D eigenvalue weighted by Crippen LogP contribution is 2.28. The molecule has 2 nitrogen and oxygen atoms in total. The second-order valence-electron chi connectivity index (χ2n) is 5.03. The molecule has 116 valence electrons. The summed E-state index contributed by atoms with van der Waals surface area (Å²) < 4.78 is 13.8. The summed E-state index contributed by atoms with van der Waals surface area (Å²) in [5.41, 5.74) is 3.25. The van der Waals surface area contributed by atoms with E-state index in [0.29, 0.717) is 21.5 Å². The predicted octanol–water partition coefficient (Wildman–Crippen LogP) is 5.54. The van der Waals surface area contributed by atoms with Crippen LogP contribution in [0.4, 0.5) is 4.39 Å². The van der Waals surface area contributed by atoms with Crippen molar-refractivity contribution in [2.75, 3.05) is 0 Å². The number of halogens is 2. The number of benzene rings is 2. The van der Waals surface area contributed by atoms with Gasteiger partial charge in [0.2, 0.25) is 0 Å². The molecule has 2 aromatic carbocycles. The number of thioether (sulfide) groups is 1. The summed E-state index contributed by atoms with van der Waals surface area (Å²) in [6.07, 6.45) is 0. The number of nitrogens with zero attached hydrogens (tertiary/aromatic N) is 2. The summed E-state index contributed by atoms with van der Waals surface area (Å²) in [5, 5.41) is 1.04. The van der Waals surface area contributed by atoms with Gasteiger partial charge in [0.1, 0.15) is 5.82 Å². The maximum Gasteiger partial charge on any atom is 0.188 e. The van der Waals surface area contributed by atoms with Gasteiger partial charge in [-0.15, -0.1) is 0 Å². The summed E-state index contributed by atoms with van der Waals surface area (Å²) in [6.45, 7) is 1.92. The van der Waals surface area contributed by atoms with E-state index in [2.05, 4.69) is 9.97 Å². The Hall–Kier alpha value is -1.91. The van der Waals surface area contributed by atoms with Crippen molar-refractivity contribution in [3.05, 3.63) is 76.7 Å². The van der Waals surface area contributed by atoms with Crippen molar-refractivity contribution < 1.29 is 4.39 Å². The Bertz CT molecular complexity index is 804. The molecular weight excluding hydrogens is 331 g/mol. The maximum absolute atomic E-state index is 13.8. The Morgan fingerprint density at radius 2 is 1.83 bits per heavy atom. The van der Waals surface area contributed by atoms with Crippen LogP contribution in [0.25, 0.3) is 11.3 Å². The lowest BCUT2D eigenvalue weighted by Gasteiger charge is -2.07. The fraction of sp³-hybridized carbons (Fsp3) is 0.111. The van der Waals surface area contributed by atoms with Gasteiger partial charge in [-0.1, -0.05) is 59.8 Å². The Labute approximate surface area is 143 Å². The van der Waals surface area contributed by atoms with E-state index < -0.39 is 0 Å². The molecule has 0 aliphatic carbocycles. The van der Waals surface area contributed by atoms with E-state index in [-0.39, 0.29) is 5.82 Å². The number of hydrogen-bond acceptors (Lipinski definition) is 3. The van der Waals surface area contributed by atoms with Crippen LogP contribution in [0.1, 0.15) is 11.3 Å². The smallest absolute Gasteiger partial charge is 0.188 e. The van der Waals surface area contributed by atoms with Crippen molar-refractivity contribution >= 4 is 23.4 Å². The van der Waals surface area contributed by atoms with Crippen LogP contribution >= 0.6 is 23.4 Å². The maximum atomic E-state index is 13.8. The number of aromatic nitrogens is 2. The third kappa shape index (κ3) is 3.89. The van der Waals surface area contributed by atoms with Gasteiger partial charge >= 0.3 is 0 Å². The first-order valence-corrected chi connectivity index (χ1v) is 8.46. The highest BCUT2D eigenvalue weighted by molar-refractivity contribution is 7.98. The van der Waals surface area contributed by atoms with Gasteiger partial charge in [0, 0.05) is 27.6 Å². The SMILES string of the molecule is Cc1cc(-c2ccccc2)nc(SCc2c(F)cccc2Cl)n1. The van der Waals surface area contributed by atoms with Crippen molar-refractivity contribution in [3.8, 4) is 11.3 Å². The van der Waals surface area contributed by atoms with E-state index in [9.17, 15) is 4.39 Å². The average molecular weight is 345 g/mol. The van der Waals surface area contributed by atoms with Crippen LogP contribution < -0.4 is 0 Å². The van der Waals surface area contributed by atoms with Gasteiger partial charge in [-0.3, -0.25) is 0 Å². The summed E-state index contributed by atoms with van der Waals surface area (Å²) in [7, 11) is 0. The Kier molecular flexibility index (Phi) is 4.94. The molecule has 0 saturated carbocycles. The monoisotopic (exact) mass is 344 g/mol. The highest BCUT2D eigenvalue weighted by Gasteiger charge is 2.10. The van der Waals surface area contributed by atoms with Crippen molar-refractivity contribution in [2.45, 2.75) is 17.8 Å². The molecule has 0 radical (unpaired) electrons. The number of hydrogen-bond donors (Lipinski definition) is 0. The lowest BCUT2D eigenvalue weighted by molar-refractivity contribution is 0.617. The summed E-state index contributed by atoms with van der Waals surface area (Å²) in [4.78, 5) is 8.98. The molecule has 0 fully saturated rings. The number of rotatable bonds is 4. The van der Waals surface area contributed by atoms with Crippen LogP contribution in [0.5, 0.6) is 0 Å². The first kappa shape index (κ1) is 16.0. The van der Waals surface area contributed by atoms with Crippen LogP contribution in [0.2, 0.25) is 5.02 Å². The minimum Gasteiger partial charge on any atom is -0.228 e. The molecule has 0 unspecified atom stereocenters. The van der Waals surface area contributed by atoms with E-state index in [1.165, 1.54) is 17.8 Å². The van der Waals surface area contributed by atoms with Crippen molar-refractivity contribution in [1.82, 2.24) is 9.97 Å². The largest absolute Gasteiger partial charge is 0.228 e. The lowest BCUT2D eigenvalue weighted by Crippen LogP contribution is -1.95. The van der Waals surface area contributed by atoms with Crippen LogP contribution in [0, 0.1) is 12.7 Å². The van der Waals surface area contributed by atoms with Crippen LogP contribution in [-0.2, 0) is 5.75 Å². The van der Waals surface area contributed by atoms with E-state index in [0.717, 1.165) is 17.0 Å². The van der Waals surface area contributed by atoms with E-state index in [4.69, 9.17) is 11.6 Å². The highest BCUT2D eigenvalue weighted by atomic mass is 35.5. The number of aryl methyl sites for hydroxylation is 1. The summed E-state index contributed by atoms with van der Waals surface area (Å²) >= 11 is 7.44. The molecule has 1 aromatic heterocycles. The molecule has 0 spiro atoms. The second kappa shape index (κ2) is 7.11. The molecule has 3 aromatic rings. The van der Waals surface area contributed by atoms with Gasteiger partial charge in [-0.25, -0.2) is 14.4 Å². The predicted molar refractivity (Wildman–Crippen MR) is 93.2 cm³/mol. The Morgan fingerprint density at radius 3 is 2.57 bits per heavy atom. The first-order chi connectivity index (χ1) is 11.1. The Balaban J connectivity index is 1.85. The zero-order valence-electron chi connectivity index (χ0n) is 12.5. The zero-order chi connectivity index (χ0) is 16.2. The molecular formula is C18H14ClFN2S. The van der Waals surface area contributed by atoms with E-state index in [1.54, 1.807) is 12.1 Å². The van der Waals surface area contributed by atoms with Crippen LogP contribution in [0.15, 0.2) is 59.8 Å². The topological polar surface area (TPSA) is 25.8 Å². The zero-order valence-corrected chi connectivity index (χ0v) is 14.0. The van der Waals surface area contributed by atoms with Crippen LogP contribution in [0.3, 0.4) is 0 Å². The molecule has 0 amide bonds. The molecule has 0 saturated heterocycles. The van der Waals surface area contributed by atoms with Crippen LogP contribution in [-0.4, -0.2) is 9.97 Å². The molecule has 0 aliphatic rings. The molecule has 23 heavy (non-hydrogen) atoms. The minimum absolute atomic E-state index is 0.305. The van der Waals surface area contributed by atoms with Gasteiger partial charge in [0.05, 0.1) is 5.69 Å². The van der Waals surface area contributed by atoms with Gasteiger partial charge in [0.25, 0.3) is 0 Å². The van der Waals surface area contributed by atoms with E-state index >= 15 is 0 Å². The quantitative estimate of drug-likeness (QED) is 0.459. The fourth-order valence-corrected chi connectivity index (χ4v) is 3.42. The van der Waals surface area contributed by atoms with Gasteiger partial charge in [-0.05, 0) is 25.1 Å². The molecule has 0 N–H and O–H groups in total. The van der Waals surface area contributed by atoms with Crippen molar-refractivity contribution in [2.24, 2.45) is 0 Å². The third-order valence-corrected chi connectivity index (χ3v) is 4.54. The van der Waals surface area contributed by atoms with Crippen molar-refractivity contribution in [3.63, 3.8) is 0 Å². The molecule has 0 bridgehead atoms. The second-order valence-corrected chi connectivity index (χ2v) is 6.38. The fourth-order valence-electron chi connectivity index (χ4n) is 2.17. The molecule has 0 atom stereocenters. The molecule has 1 heterocycles. The Morgan fingerprint density at radius 1 is 1.04 bits per heavy atom. The van der Waals surface area contributed by atoms with Gasteiger partial charge in [-0.2, -0.15) is 0 Å². The van der Waals surface area contributed by atoms with Crippen molar-refractivity contribution in [1.29, 1.82) is 0 Å². The molecule has 5 heteroatoms. The van der Waals surface area contributed by atoms with Gasteiger partial charge < -0.3 is 0 Å². The summed E-state index contributed by atoms with van der Waals surface area (Å²) in [6, 6.07) is 16.6. The molecule has 0 aliphatic heterocycles.